The average Bonchev–Trinajstić information content (AvgIpc) is 2.39. The van der Waals surface area contributed by atoms with E-state index in [9.17, 15) is 9.59 Å². The molecule has 2 unspecified atom stereocenters. The molecular weight excluding hydrogens is 197 g/mol. The molecule has 56 valence electrons. The summed E-state index contributed by atoms with van der Waals surface area (Å²) in [6.07, 6.45) is -2.25. The maximum atomic E-state index is 9.89. The van der Waals surface area contributed by atoms with Crippen LogP contribution in [0.3, 0.4) is 0 Å². The van der Waals surface area contributed by atoms with E-state index in [1.54, 1.807) is 0 Å². The zero-order chi connectivity index (χ0) is 7.02. The molecule has 12 heavy (non-hydrogen) atoms. The second-order valence-corrected chi connectivity index (χ2v) is 1.65. The van der Waals surface area contributed by atoms with Crippen molar-refractivity contribution in [2.24, 2.45) is 0 Å². The van der Waals surface area contributed by atoms with Crippen LogP contribution in [0.25, 0.3) is 0 Å². The number of hydrogen-bond acceptors (Lipinski definition) is 3. The van der Waals surface area contributed by atoms with Crippen LogP contribution in [0.15, 0.2) is 0 Å². The van der Waals surface area contributed by atoms with Gasteiger partial charge in [0.25, 0.3) is 0 Å². The molecule has 8 heteroatoms. The van der Waals surface area contributed by atoms with Crippen LogP contribution in [0.5, 0.6) is 0 Å². The molecule has 0 aromatic carbocycles. The van der Waals surface area contributed by atoms with Crippen LogP contribution >= 0.6 is 0 Å². The van der Waals surface area contributed by atoms with Crippen LogP contribution in [0.2, 0.25) is 0 Å². The van der Waals surface area contributed by atoms with Gasteiger partial charge >= 0.3 is 101 Å². The third-order valence-corrected chi connectivity index (χ3v) is 0.978. The predicted molar refractivity (Wildman–Crippen MR) is 45.4 cm³/mol. The van der Waals surface area contributed by atoms with E-state index in [4.69, 9.17) is 10.2 Å². The quantitative estimate of drug-likeness (QED) is 0.369. The second-order valence-electron chi connectivity index (χ2n) is 1.65. The Hall–Kier alpha value is 1.90. The van der Waals surface area contributed by atoms with E-state index in [0.717, 1.165) is 0 Å². The van der Waals surface area contributed by atoms with Gasteiger partial charge in [-0.15, -0.1) is 0 Å². The molecular formula is C4H7Na3O5. The molecule has 2 atom stereocenters. The zero-order valence-electron chi connectivity index (χ0n) is 4.27. The molecule has 5 nitrogen and oxygen atoms in total. The van der Waals surface area contributed by atoms with Crippen LogP contribution in [-0.4, -0.2) is 123 Å². The van der Waals surface area contributed by atoms with Crippen LogP contribution in [-0.2, 0) is 14.3 Å². The summed E-state index contributed by atoms with van der Waals surface area (Å²) >= 11 is 0. The molecule has 2 N–H and O–H groups in total. The van der Waals surface area contributed by atoms with Gasteiger partial charge in [-0.05, 0) is 0 Å². The maximum absolute atomic E-state index is 9.89. The Morgan fingerprint density at radius 3 is 1.25 bits per heavy atom. The van der Waals surface area contributed by atoms with Gasteiger partial charge in [0.1, 0.15) is 0 Å². The van der Waals surface area contributed by atoms with Gasteiger partial charge in [-0.1, -0.05) is 0 Å². The topological polar surface area (TPSA) is 87.1 Å². The van der Waals surface area contributed by atoms with Gasteiger partial charge in [0.15, 0.2) is 12.2 Å². The van der Waals surface area contributed by atoms with Crippen LogP contribution in [0, 0.1) is 0 Å². The summed E-state index contributed by atoms with van der Waals surface area (Å²) in [5, 5.41) is 16.2. The molecule has 1 saturated heterocycles. The Morgan fingerprint density at radius 1 is 0.917 bits per heavy atom. The predicted octanol–water partition coefficient (Wildman–Crippen LogP) is -3.02. The Labute approximate surface area is 135 Å². The van der Waals surface area contributed by atoms with E-state index in [1.165, 1.54) is 0 Å². The van der Waals surface area contributed by atoms with Crippen molar-refractivity contribution in [3.05, 3.63) is 0 Å². The first-order chi connectivity index (χ1) is 4.13. The summed E-state index contributed by atoms with van der Waals surface area (Å²) in [7, 11) is 0. The van der Waals surface area contributed by atoms with E-state index in [2.05, 4.69) is 4.74 Å². The fraction of sp³-hybridized carbons (Fsp3) is 0.500. The van der Waals surface area contributed by atoms with Gasteiger partial charge in [-0.3, -0.25) is 0 Å². The molecule has 1 rings (SSSR count). The first kappa shape index (κ1) is 19.5. The number of epoxide rings is 1. The molecule has 0 bridgehead atoms. The first-order valence-corrected chi connectivity index (χ1v) is 2.24. The molecule has 0 aromatic heterocycles. The van der Waals surface area contributed by atoms with Crippen LogP contribution in [0.1, 0.15) is 0 Å². The number of hydrogen-bond donors (Lipinski definition) is 2. The van der Waals surface area contributed by atoms with Crippen LogP contribution < -0.4 is 0 Å². The number of aliphatic carboxylic acids is 2. The summed E-state index contributed by atoms with van der Waals surface area (Å²) in [5.74, 6) is -2.44. The monoisotopic (exact) mass is 204 g/mol. The van der Waals surface area contributed by atoms with E-state index in [1.807, 2.05) is 0 Å². The summed E-state index contributed by atoms with van der Waals surface area (Å²) < 4.78 is 4.24. The van der Waals surface area contributed by atoms with Crippen molar-refractivity contribution < 1.29 is 24.5 Å². The van der Waals surface area contributed by atoms with Crippen molar-refractivity contribution in [2.75, 3.05) is 0 Å². The number of ether oxygens (including phenoxy) is 1. The number of carbonyl (C=O) groups is 2. The molecule has 1 heterocycles. The molecule has 0 spiro atoms. The fourth-order valence-electron chi connectivity index (χ4n) is 0.488. The average molecular weight is 204 g/mol. The molecule has 0 aromatic rings. The molecule has 1 fully saturated rings. The van der Waals surface area contributed by atoms with Crippen molar-refractivity contribution in [1.29, 1.82) is 0 Å². The van der Waals surface area contributed by atoms with Crippen LogP contribution in [0.4, 0.5) is 0 Å². The Bertz CT molecular complexity index is 154. The van der Waals surface area contributed by atoms with Gasteiger partial charge in [-0.2, -0.15) is 0 Å². The zero-order valence-corrected chi connectivity index (χ0v) is 4.27. The Kier molecular flexibility index (Phi) is 13.3. The number of rotatable bonds is 2. The van der Waals surface area contributed by atoms with Crippen molar-refractivity contribution in [1.82, 2.24) is 0 Å². The van der Waals surface area contributed by atoms with Crippen molar-refractivity contribution in [2.45, 2.75) is 12.2 Å². The Morgan fingerprint density at radius 2 is 1.17 bits per heavy atom. The molecule has 1 aliphatic rings. The first-order valence-electron chi connectivity index (χ1n) is 2.24. The Balaban J connectivity index is -0.000000270. The molecule has 0 aliphatic carbocycles. The molecule has 1 aliphatic heterocycles. The number of carboxylic acid groups (broad SMARTS) is 2. The molecule has 0 radical (unpaired) electrons. The third-order valence-electron chi connectivity index (χ3n) is 0.978. The SMILES string of the molecule is O=C(O)C1OC1C(=O)O.[NaH].[NaH].[NaH]. The number of carboxylic acids is 2. The summed E-state index contributed by atoms with van der Waals surface area (Å²) in [5.41, 5.74) is 0. The summed E-state index contributed by atoms with van der Waals surface area (Å²) in [6, 6.07) is 0. The molecule has 0 amide bonds. The second kappa shape index (κ2) is 8.23. The third kappa shape index (κ3) is 5.59. The van der Waals surface area contributed by atoms with E-state index in [-0.39, 0.29) is 88.7 Å². The van der Waals surface area contributed by atoms with Gasteiger partial charge in [0.2, 0.25) is 0 Å². The minimum absolute atomic E-state index is 0. The van der Waals surface area contributed by atoms with Gasteiger partial charge < -0.3 is 14.9 Å². The van der Waals surface area contributed by atoms with E-state index in [0.29, 0.717) is 0 Å². The fourth-order valence-corrected chi connectivity index (χ4v) is 0.488. The van der Waals surface area contributed by atoms with E-state index < -0.39 is 24.1 Å². The van der Waals surface area contributed by atoms with Crippen molar-refractivity contribution >= 4 is 101 Å². The van der Waals surface area contributed by atoms with Gasteiger partial charge in [-0.25, -0.2) is 9.59 Å². The van der Waals surface area contributed by atoms with Gasteiger partial charge in [0.05, 0.1) is 0 Å². The standard InChI is InChI=1S/C4H4O5.3Na.3H/c5-3(6)1-2(9-1)4(7)8;;;;;;/h1-2H,(H,5,6)(H,7,8);;;;;;. The van der Waals surface area contributed by atoms with Crippen molar-refractivity contribution in [3.8, 4) is 0 Å². The summed E-state index contributed by atoms with van der Waals surface area (Å²) in [6.45, 7) is 0. The normalized spacial score (nSPS) is 23.7. The van der Waals surface area contributed by atoms with Gasteiger partial charge in [0, 0.05) is 0 Å². The minimum atomic E-state index is -1.22. The summed E-state index contributed by atoms with van der Waals surface area (Å²) in [4.78, 5) is 19.8. The molecule has 0 saturated carbocycles. The van der Waals surface area contributed by atoms with Crippen molar-refractivity contribution in [3.63, 3.8) is 0 Å². The van der Waals surface area contributed by atoms with E-state index >= 15 is 0 Å².